The summed E-state index contributed by atoms with van der Waals surface area (Å²) in [6.45, 7) is 6.78. The lowest BCUT2D eigenvalue weighted by Crippen LogP contribution is -2.22. The SMILES string of the molecule is CCN(CC)c1ccc(CNC(=O)/C=C/c2ccc(Cl)cc2)cc1. The van der Waals surface area contributed by atoms with Crippen LogP contribution in [0.1, 0.15) is 25.0 Å². The highest BCUT2D eigenvalue weighted by atomic mass is 35.5. The van der Waals surface area contributed by atoms with Crippen molar-refractivity contribution in [3.05, 3.63) is 70.8 Å². The van der Waals surface area contributed by atoms with Crippen LogP contribution in [0.3, 0.4) is 0 Å². The Kier molecular flexibility index (Phi) is 6.89. The lowest BCUT2D eigenvalue weighted by Gasteiger charge is -2.21. The van der Waals surface area contributed by atoms with E-state index in [4.69, 9.17) is 11.6 Å². The van der Waals surface area contributed by atoms with Gasteiger partial charge in [-0.1, -0.05) is 35.9 Å². The third kappa shape index (κ3) is 5.43. The summed E-state index contributed by atoms with van der Waals surface area (Å²) < 4.78 is 0. The van der Waals surface area contributed by atoms with Crippen molar-refractivity contribution in [1.82, 2.24) is 5.32 Å². The number of nitrogens with zero attached hydrogens (tertiary/aromatic N) is 1. The maximum atomic E-state index is 11.9. The molecule has 1 N–H and O–H groups in total. The highest BCUT2D eigenvalue weighted by Crippen LogP contribution is 2.15. The lowest BCUT2D eigenvalue weighted by atomic mass is 10.2. The molecule has 126 valence electrons. The Labute approximate surface area is 148 Å². The molecule has 0 aromatic heterocycles. The molecule has 1 amide bonds. The van der Waals surface area contributed by atoms with Crippen LogP contribution >= 0.6 is 11.6 Å². The van der Waals surface area contributed by atoms with Gasteiger partial charge in [0.15, 0.2) is 0 Å². The van der Waals surface area contributed by atoms with E-state index in [1.165, 1.54) is 11.8 Å². The number of amides is 1. The fourth-order valence-corrected chi connectivity index (χ4v) is 2.53. The Morgan fingerprint density at radius 3 is 2.25 bits per heavy atom. The zero-order valence-electron chi connectivity index (χ0n) is 14.1. The Morgan fingerprint density at radius 1 is 1.04 bits per heavy atom. The van der Waals surface area contributed by atoms with E-state index < -0.39 is 0 Å². The molecule has 0 saturated heterocycles. The molecule has 4 heteroatoms. The second kappa shape index (κ2) is 9.14. The quantitative estimate of drug-likeness (QED) is 0.750. The summed E-state index contributed by atoms with van der Waals surface area (Å²) in [5, 5.41) is 3.58. The molecule has 3 nitrogen and oxygen atoms in total. The van der Waals surface area contributed by atoms with E-state index in [0.29, 0.717) is 11.6 Å². The van der Waals surface area contributed by atoms with E-state index in [9.17, 15) is 4.79 Å². The van der Waals surface area contributed by atoms with Crippen molar-refractivity contribution >= 4 is 29.3 Å². The first-order chi connectivity index (χ1) is 11.6. The molecule has 2 aromatic carbocycles. The van der Waals surface area contributed by atoms with Gasteiger partial charge in [-0.25, -0.2) is 0 Å². The van der Waals surface area contributed by atoms with Gasteiger partial charge in [-0.3, -0.25) is 4.79 Å². The van der Waals surface area contributed by atoms with Gasteiger partial charge in [0.2, 0.25) is 5.91 Å². The number of carbonyl (C=O) groups excluding carboxylic acids is 1. The highest BCUT2D eigenvalue weighted by molar-refractivity contribution is 6.30. The number of carbonyl (C=O) groups is 1. The van der Waals surface area contributed by atoms with Crippen LogP contribution in [-0.4, -0.2) is 19.0 Å². The van der Waals surface area contributed by atoms with Gasteiger partial charge in [-0.05, 0) is 55.3 Å². The van der Waals surface area contributed by atoms with E-state index in [0.717, 1.165) is 24.2 Å². The maximum Gasteiger partial charge on any atom is 0.244 e. The summed E-state index contributed by atoms with van der Waals surface area (Å²) in [4.78, 5) is 14.2. The van der Waals surface area contributed by atoms with Crippen molar-refractivity contribution in [1.29, 1.82) is 0 Å². The Morgan fingerprint density at radius 2 is 1.67 bits per heavy atom. The molecular weight excluding hydrogens is 320 g/mol. The molecular formula is C20H23ClN2O. The second-order valence-electron chi connectivity index (χ2n) is 5.44. The van der Waals surface area contributed by atoms with Gasteiger partial charge in [0.1, 0.15) is 0 Å². The minimum Gasteiger partial charge on any atom is -0.372 e. The van der Waals surface area contributed by atoms with Crippen molar-refractivity contribution < 1.29 is 4.79 Å². The van der Waals surface area contributed by atoms with E-state index >= 15 is 0 Å². The van der Waals surface area contributed by atoms with E-state index in [1.807, 2.05) is 12.1 Å². The van der Waals surface area contributed by atoms with Gasteiger partial charge in [0, 0.05) is 36.4 Å². The van der Waals surface area contributed by atoms with Crippen LogP contribution in [0.2, 0.25) is 5.02 Å². The molecule has 0 aliphatic rings. The third-order valence-corrected chi connectivity index (χ3v) is 4.08. The second-order valence-corrected chi connectivity index (χ2v) is 5.88. The molecule has 2 aromatic rings. The van der Waals surface area contributed by atoms with Crippen LogP contribution in [0.5, 0.6) is 0 Å². The van der Waals surface area contributed by atoms with Gasteiger partial charge in [0.25, 0.3) is 0 Å². The molecule has 2 rings (SSSR count). The van der Waals surface area contributed by atoms with Crippen LogP contribution in [0.25, 0.3) is 6.08 Å². The molecule has 0 radical (unpaired) electrons. The Hall–Kier alpha value is -2.26. The number of rotatable bonds is 7. The van der Waals surface area contributed by atoms with Crippen LogP contribution in [0, 0.1) is 0 Å². The fourth-order valence-electron chi connectivity index (χ4n) is 2.41. The molecule has 0 saturated carbocycles. The molecule has 0 aliphatic carbocycles. The maximum absolute atomic E-state index is 11.9. The number of benzene rings is 2. The number of hydrogen-bond acceptors (Lipinski definition) is 2. The number of anilines is 1. The van der Waals surface area contributed by atoms with Crippen LogP contribution in [0.15, 0.2) is 54.6 Å². The Balaban J connectivity index is 1.86. The number of hydrogen-bond donors (Lipinski definition) is 1. The summed E-state index contributed by atoms with van der Waals surface area (Å²) >= 11 is 5.83. The molecule has 24 heavy (non-hydrogen) atoms. The van der Waals surface area contributed by atoms with Crippen molar-refractivity contribution in [3.63, 3.8) is 0 Å². The molecule has 0 bridgehead atoms. The lowest BCUT2D eigenvalue weighted by molar-refractivity contribution is -0.116. The number of halogens is 1. The zero-order chi connectivity index (χ0) is 17.4. The first kappa shape index (κ1) is 18.1. The van der Waals surface area contributed by atoms with Gasteiger partial charge in [0.05, 0.1) is 0 Å². The molecule has 0 spiro atoms. The summed E-state index contributed by atoms with van der Waals surface area (Å²) in [7, 11) is 0. The van der Waals surface area contributed by atoms with Gasteiger partial charge in [-0.15, -0.1) is 0 Å². The Bertz CT molecular complexity index is 674. The molecule has 0 fully saturated rings. The van der Waals surface area contributed by atoms with Gasteiger partial charge >= 0.3 is 0 Å². The molecule has 0 aliphatic heterocycles. The minimum absolute atomic E-state index is 0.113. The minimum atomic E-state index is -0.113. The van der Waals surface area contributed by atoms with Gasteiger partial charge in [-0.2, -0.15) is 0 Å². The van der Waals surface area contributed by atoms with Crippen molar-refractivity contribution in [2.24, 2.45) is 0 Å². The summed E-state index contributed by atoms with van der Waals surface area (Å²) in [6.07, 6.45) is 3.31. The average Bonchev–Trinajstić information content (AvgIpc) is 2.61. The predicted octanol–water partition coefficient (Wildman–Crippen LogP) is 4.52. The standard InChI is InChI=1S/C20H23ClN2O/c1-3-23(4-2)19-12-7-17(8-13-19)15-22-20(24)14-9-16-5-10-18(21)11-6-16/h5-14H,3-4,15H2,1-2H3,(H,22,24)/b14-9+. The molecule has 0 unspecified atom stereocenters. The third-order valence-electron chi connectivity index (χ3n) is 3.83. The predicted molar refractivity (Wildman–Crippen MR) is 102 cm³/mol. The fraction of sp³-hybridized carbons (Fsp3) is 0.250. The largest absolute Gasteiger partial charge is 0.372 e. The summed E-state index contributed by atoms with van der Waals surface area (Å²) in [6, 6.07) is 15.6. The normalized spacial score (nSPS) is 10.8. The molecule has 0 heterocycles. The van der Waals surface area contributed by atoms with Crippen molar-refractivity contribution in [2.75, 3.05) is 18.0 Å². The van der Waals surface area contributed by atoms with E-state index in [2.05, 4.69) is 48.3 Å². The topological polar surface area (TPSA) is 32.3 Å². The summed E-state index contributed by atoms with van der Waals surface area (Å²) in [5.41, 5.74) is 3.23. The summed E-state index contributed by atoms with van der Waals surface area (Å²) in [5.74, 6) is -0.113. The van der Waals surface area contributed by atoms with Crippen LogP contribution in [-0.2, 0) is 11.3 Å². The highest BCUT2D eigenvalue weighted by Gasteiger charge is 2.02. The smallest absolute Gasteiger partial charge is 0.244 e. The van der Waals surface area contributed by atoms with Crippen molar-refractivity contribution in [3.8, 4) is 0 Å². The molecule has 0 atom stereocenters. The van der Waals surface area contributed by atoms with E-state index in [1.54, 1.807) is 18.2 Å². The monoisotopic (exact) mass is 342 g/mol. The first-order valence-corrected chi connectivity index (χ1v) is 8.55. The van der Waals surface area contributed by atoms with E-state index in [-0.39, 0.29) is 5.91 Å². The van der Waals surface area contributed by atoms with Crippen LogP contribution in [0.4, 0.5) is 5.69 Å². The van der Waals surface area contributed by atoms with Crippen LogP contribution < -0.4 is 10.2 Å². The first-order valence-electron chi connectivity index (χ1n) is 8.17. The number of nitrogens with one attached hydrogen (secondary N) is 1. The zero-order valence-corrected chi connectivity index (χ0v) is 14.9. The average molecular weight is 343 g/mol. The van der Waals surface area contributed by atoms with Crippen molar-refractivity contribution in [2.45, 2.75) is 20.4 Å². The van der Waals surface area contributed by atoms with Gasteiger partial charge < -0.3 is 10.2 Å².